The van der Waals surface area contributed by atoms with Gasteiger partial charge in [0, 0.05) is 6.42 Å². The number of hydrogen-bond acceptors (Lipinski definition) is 3. The molecule has 0 unspecified atom stereocenters. The van der Waals surface area contributed by atoms with E-state index in [2.05, 4.69) is 13.8 Å². The van der Waals surface area contributed by atoms with E-state index in [9.17, 15) is 0 Å². The van der Waals surface area contributed by atoms with Crippen molar-refractivity contribution in [3.63, 3.8) is 0 Å². The smallest absolute Gasteiger partial charge is 0.192 e. The SMILES string of the molecule is CC[C@]12COC[C@](CC)(OC1)O2. The van der Waals surface area contributed by atoms with E-state index in [1.165, 1.54) is 0 Å². The zero-order valence-corrected chi connectivity index (χ0v) is 7.76. The first-order chi connectivity index (χ1) is 5.74. The van der Waals surface area contributed by atoms with Crippen LogP contribution in [0.15, 0.2) is 0 Å². The Labute approximate surface area is 73.0 Å². The third-order valence-electron chi connectivity index (χ3n) is 2.87. The van der Waals surface area contributed by atoms with E-state index in [-0.39, 0.29) is 5.60 Å². The molecular weight excluding hydrogens is 156 g/mol. The highest BCUT2D eigenvalue weighted by molar-refractivity contribution is 4.93. The van der Waals surface area contributed by atoms with Gasteiger partial charge in [-0.2, -0.15) is 0 Å². The van der Waals surface area contributed by atoms with Crippen molar-refractivity contribution in [1.82, 2.24) is 0 Å². The number of hydrogen-bond donors (Lipinski definition) is 0. The summed E-state index contributed by atoms with van der Waals surface area (Å²) >= 11 is 0. The van der Waals surface area contributed by atoms with Gasteiger partial charge in [0.1, 0.15) is 12.2 Å². The van der Waals surface area contributed by atoms with Gasteiger partial charge in [0.25, 0.3) is 0 Å². The summed E-state index contributed by atoms with van der Waals surface area (Å²) in [6.45, 7) is 6.15. The van der Waals surface area contributed by atoms with Gasteiger partial charge >= 0.3 is 0 Å². The molecule has 0 radical (unpaired) electrons. The Morgan fingerprint density at radius 2 is 1.92 bits per heavy atom. The van der Waals surface area contributed by atoms with E-state index in [1.807, 2.05) is 0 Å². The van der Waals surface area contributed by atoms with Crippen LogP contribution >= 0.6 is 0 Å². The van der Waals surface area contributed by atoms with Gasteiger partial charge in [-0.3, -0.25) is 0 Å². The third-order valence-corrected chi connectivity index (χ3v) is 2.87. The minimum Gasteiger partial charge on any atom is -0.373 e. The zero-order valence-electron chi connectivity index (χ0n) is 7.76. The van der Waals surface area contributed by atoms with Gasteiger partial charge in [-0.1, -0.05) is 13.8 Å². The van der Waals surface area contributed by atoms with Gasteiger partial charge in [0.05, 0.1) is 13.2 Å². The molecule has 0 saturated carbocycles. The second kappa shape index (κ2) is 2.69. The molecular formula is C9H16O3. The predicted octanol–water partition coefficient (Wildman–Crippen LogP) is 1.32. The molecule has 2 bridgehead atoms. The van der Waals surface area contributed by atoms with E-state index >= 15 is 0 Å². The van der Waals surface area contributed by atoms with E-state index in [4.69, 9.17) is 14.2 Å². The maximum atomic E-state index is 5.92. The highest BCUT2D eigenvalue weighted by Gasteiger charge is 2.52. The first kappa shape index (κ1) is 8.48. The molecule has 0 N–H and O–H groups in total. The molecule has 2 fully saturated rings. The summed E-state index contributed by atoms with van der Waals surface area (Å²) in [5, 5.41) is 0. The lowest BCUT2D eigenvalue weighted by atomic mass is 10.0. The van der Waals surface area contributed by atoms with Crippen molar-refractivity contribution < 1.29 is 14.2 Å². The molecule has 2 atom stereocenters. The normalized spacial score (nSPS) is 46.5. The lowest BCUT2D eigenvalue weighted by molar-refractivity contribution is -0.263. The monoisotopic (exact) mass is 172 g/mol. The second-order valence-corrected chi connectivity index (χ2v) is 3.68. The Balaban J connectivity index is 2.16. The molecule has 0 spiro atoms. The average molecular weight is 172 g/mol. The minimum absolute atomic E-state index is 0.145. The average Bonchev–Trinajstić information content (AvgIpc) is 2.41. The van der Waals surface area contributed by atoms with Crippen molar-refractivity contribution >= 4 is 0 Å². The number of rotatable bonds is 2. The fourth-order valence-corrected chi connectivity index (χ4v) is 1.80. The van der Waals surface area contributed by atoms with Crippen LogP contribution in [-0.4, -0.2) is 31.2 Å². The van der Waals surface area contributed by atoms with Crippen molar-refractivity contribution in [3.8, 4) is 0 Å². The Bertz CT molecular complexity index is 165. The molecule has 0 aromatic carbocycles. The van der Waals surface area contributed by atoms with Crippen molar-refractivity contribution in [2.24, 2.45) is 0 Å². The van der Waals surface area contributed by atoms with Crippen molar-refractivity contribution in [2.45, 2.75) is 38.1 Å². The first-order valence-electron chi connectivity index (χ1n) is 4.66. The Morgan fingerprint density at radius 3 is 2.58 bits per heavy atom. The summed E-state index contributed by atoms with van der Waals surface area (Å²) < 4.78 is 17.1. The van der Waals surface area contributed by atoms with Crippen molar-refractivity contribution in [3.05, 3.63) is 0 Å². The van der Waals surface area contributed by atoms with Crippen LogP contribution in [0, 0.1) is 0 Å². The van der Waals surface area contributed by atoms with Crippen LogP contribution in [0.3, 0.4) is 0 Å². The first-order valence-corrected chi connectivity index (χ1v) is 4.66. The van der Waals surface area contributed by atoms with E-state index in [0.29, 0.717) is 19.8 Å². The van der Waals surface area contributed by atoms with Crippen molar-refractivity contribution in [2.75, 3.05) is 19.8 Å². The topological polar surface area (TPSA) is 27.7 Å². The van der Waals surface area contributed by atoms with Crippen LogP contribution in [0.2, 0.25) is 0 Å². The summed E-state index contributed by atoms with van der Waals surface area (Å²) in [6.07, 6.45) is 1.84. The van der Waals surface area contributed by atoms with Gasteiger partial charge in [-0.15, -0.1) is 0 Å². The zero-order chi connectivity index (χ0) is 8.66. The van der Waals surface area contributed by atoms with E-state index in [0.717, 1.165) is 12.8 Å². The van der Waals surface area contributed by atoms with Gasteiger partial charge in [-0.25, -0.2) is 0 Å². The molecule has 2 saturated heterocycles. The summed E-state index contributed by atoms with van der Waals surface area (Å²) in [4.78, 5) is 0. The van der Waals surface area contributed by atoms with Gasteiger partial charge in [-0.05, 0) is 6.42 Å². The Morgan fingerprint density at radius 1 is 1.08 bits per heavy atom. The molecule has 2 rings (SSSR count). The molecule has 70 valence electrons. The van der Waals surface area contributed by atoms with E-state index in [1.54, 1.807) is 0 Å². The van der Waals surface area contributed by atoms with Crippen LogP contribution in [0.1, 0.15) is 26.7 Å². The molecule has 2 aliphatic heterocycles. The summed E-state index contributed by atoms with van der Waals surface area (Å²) in [5.74, 6) is -0.422. The van der Waals surface area contributed by atoms with Gasteiger partial charge in [0.2, 0.25) is 0 Å². The molecule has 0 amide bonds. The highest BCUT2D eigenvalue weighted by atomic mass is 16.8. The molecule has 2 aliphatic rings. The van der Waals surface area contributed by atoms with Crippen LogP contribution in [0.25, 0.3) is 0 Å². The van der Waals surface area contributed by atoms with Crippen LogP contribution in [0.5, 0.6) is 0 Å². The fraction of sp³-hybridized carbons (Fsp3) is 1.00. The van der Waals surface area contributed by atoms with Gasteiger partial charge < -0.3 is 14.2 Å². The lowest BCUT2D eigenvalue weighted by Crippen LogP contribution is -2.47. The largest absolute Gasteiger partial charge is 0.373 e. The highest BCUT2D eigenvalue weighted by Crippen LogP contribution is 2.39. The maximum absolute atomic E-state index is 5.92. The Hall–Kier alpha value is -0.120. The summed E-state index contributed by atoms with van der Waals surface area (Å²) in [5.41, 5.74) is -0.145. The summed E-state index contributed by atoms with van der Waals surface area (Å²) in [7, 11) is 0. The lowest BCUT2D eigenvalue weighted by Gasteiger charge is -2.36. The molecule has 0 aromatic rings. The number of ether oxygens (including phenoxy) is 3. The molecule has 0 aromatic heterocycles. The van der Waals surface area contributed by atoms with Crippen LogP contribution < -0.4 is 0 Å². The minimum atomic E-state index is -0.422. The summed E-state index contributed by atoms with van der Waals surface area (Å²) in [6, 6.07) is 0. The second-order valence-electron chi connectivity index (χ2n) is 3.68. The van der Waals surface area contributed by atoms with Gasteiger partial charge in [0.15, 0.2) is 5.79 Å². The Kier molecular flexibility index (Phi) is 1.90. The standard InChI is InChI=1S/C9H16O3/c1-3-8-5-10-7-9(4-2,12-8)11-6-8/h3-7H2,1-2H3/t8-,9+/m0/s1. The molecule has 3 nitrogen and oxygen atoms in total. The van der Waals surface area contributed by atoms with E-state index < -0.39 is 5.79 Å². The fourth-order valence-electron chi connectivity index (χ4n) is 1.80. The molecule has 0 aliphatic carbocycles. The number of fused-ring (bicyclic) bond motifs is 2. The molecule has 2 heterocycles. The van der Waals surface area contributed by atoms with Crippen molar-refractivity contribution in [1.29, 1.82) is 0 Å². The predicted molar refractivity (Wildman–Crippen MR) is 43.9 cm³/mol. The third kappa shape index (κ3) is 1.08. The maximum Gasteiger partial charge on any atom is 0.192 e. The quantitative estimate of drug-likeness (QED) is 0.628. The van der Waals surface area contributed by atoms with Crippen LogP contribution in [-0.2, 0) is 14.2 Å². The molecule has 3 heteroatoms. The molecule has 12 heavy (non-hydrogen) atoms. The van der Waals surface area contributed by atoms with Crippen LogP contribution in [0.4, 0.5) is 0 Å².